The fraction of sp³-hybridized carbons (Fsp3) is 0.250. The van der Waals surface area contributed by atoms with Gasteiger partial charge in [-0.1, -0.05) is 0 Å². The summed E-state index contributed by atoms with van der Waals surface area (Å²) in [6.45, 7) is 4.00. The van der Waals surface area contributed by atoms with Crippen LogP contribution in [0.1, 0.15) is 23.0 Å². The first-order valence-electron chi connectivity index (χ1n) is 8.47. The molecule has 0 radical (unpaired) electrons. The van der Waals surface area contributed by atoms with Gasteiger partial charge < -0.3 is 15.0 Å². The molecule has 0 unspecified atom stereocenters. The lowest BCUT2D eigenvalue weighted by Gasteiger charge is -2.16. The summed E-state index contributed by atoms with van der Waals surface area (Å²) in [5.74, 6) is -0.408. The van der Waals surface area contributed by atoms with Crippen LogP contribution in [0.4, 0.5) is 17.1 Å². The number of nitrogens with one attached hydrogen (secondary N) is 1. The maximum Gasteiger partial charge on any atom is 0.341 e. The molecule has 0 spiro atoms. The summed E-state index contributed by atoms with van der Waals surface area (Å²) in [6, 6.07) is 11.8. The number of hydrogen-bond donors (Lipinski definition) is 1. The monoisotopic (exact) mass is 350 g/mol. The smallest absolute Gasteiger partial charge is 0.341 e. The van der Waals surface area contributed by atoms with Gasteiger partial charge in [0.25, 0.3) is 0 Å². The highest BCUT2D eigenvalue weighted by molar-refractivity contribution is 6.05. The van der Waals surface area contributed by atoms with Crippen molar-refractivity contribution in [1.82, 2.24) is 9.97 Å². The molecule has 0 amide bonds. The van der Waals surface area contributed by atoms with E-state index in [1.54, 1.807) is 6.92 Å². The van der Waals surface area contributed by atoms with E-state index in [-0.39, 0.29) is 0 Å². The van der Waals surface area contributed by atoms with Crippen LogP contribution >= 0.6 is 0 Å². The maximum absolute atomic E-state index is 12.4. The second-order valence-electron chi connectivity index (χ2n) is 6.16. The topological polar surface area (TPSA) is 67.3 Å². The Hall–Kier alpha value is -3.15. The van der Waals surface area contributed by atoms with Crippen molar-refractivity contribution in [2.24, 2.45) is 0 Å². The summed E-state index contributed by atoms with van der Waals surface area (Å²) in [5, 5.41) is 4.12. The molecule has 1 N–H and O–H groups in total. The molecule has 0 atom stereocenters. The molecule has 3 rings (SSSR count). The number of carbonyl (C=O) groups is 1. The first-order valence-corrected chi connectivity index (χ1v) is 8.47. The van der Waals surface area contributed by atoms with Crippen molar-refractivity contribution in [1.29, 1.82) is 0 Å². The van der Waals surface area contributed by atoms with Crippen LogP contribution in [0, 0.1) is 6.92 Å². The van der Waals surface area contributed by atoms with E-state index in [1.165, 1.54) is 6.20 Å². The number of anilines is 3. The van der Waals surface area contributed by atoms with Gasteiger partial charge in [0.05, 0.1) is 12.3 Å². The molecule has 134 valence electrons. The Kier molecular flexibility index (Phi) is 5.02. The molecular weight excluding hydrogens is 328 g/mol. The van der Waals surface area contributed by atoms with Crippen LogP contribution in [0.25, 0.3) is 11.0 Å². The van der Waals surface area contributed by atoms with E-state index in [1.807, 2.05) is 62.3 Å². The number of aryl methyl sites for hydroxylation is 1. The minimum absolute atomic E-state index is 0.306. The zero-order valence-corrected chi connectivity index (χ0v) is 15.4. The van der Waals surface area contributed by atoms with E-state index in [0.717, 1.165) is 22.5 Å². The molecule has 26 heavy (non-hydrogen) atoms. The van der Waals surface area contributed by atoms with Crippen molar-refractivity contribution in [2.45, 2.75) is 13.8 Å². The highest BCUT2D eigenvalue weighted by Gasteiger charge is 2.17. The molecule has 6 nitrogen and oxygen atoms in total. The second kappa shape index (κ2) is 7.39. The van der Waals surface area contributed by atoms with Crippen LogP contribution < -0.4 is 10.2 Å². The van der Waals surface area contributed by atoms with Crippen molar-refractivity contribution in [2.75, 3.05) is 30.9 Å². The number of benzene rings is 1. The molecule has 6 heteroatoms. The standard InChI is InChI=1S/C20H22N4O2/c1-5-26-20(25)17-12-21-19-16(11-6-13(2)22-19)18(17)23-14-7-9-15(10-8-14)24(3)4/h6-12H,5H2,1-4H3,(H,21,22,23). The number of pyridine rings is 2. The van der Waals surface area contributed by atoms with Crippen molar-refractivity contribution < 1.29 is 9.53 Å². The van der Waals surface area contributed by atoms with E-state index in [9.17, 15) is 4.79 Å². The minimum Gasteiger partial charge on any atom is -0.462 e. The lowest BCUT2D eigenvalue weighted by atomic mass is 10.1. The Balaban J connectivity index is 2.08. The molecule has 0 aliphatic carbocycles. The van der Waals surface area contributed by atoms with Gasteiger partial charge in [-0.15, -0.1) is 0 Å². The predicted octanol–water partition coefficient (Wildman–Crippen LogP) is 3.92. The fourth-order valence-electron chi connectivity index (χ4n) is 2.66. The zero-order chi connectivity index (χ0) is 18.7. The number of nitrogens with zero attached hydrogens (tertiary/aromatic N) is 3. The van der Waals surface area contributed by atoms with E-state index in [0.29, 0.717) is 23.5 Å². The first-order chi connectivity index (χ1) is 12.5. The third kappa shape index (κ3) is 3.59. The van der Waals surface area contributed by atoms with Gasteiger partial charge >= 0.3 is 5.97 Å². The molecular formula is C20H22N4O2. The lowest BCUT2D eigenvalue weighted by Crippen LogP contribution is -2.10. The molecule has 0 fully saturated rings. The van der Waals surface area contributed by atoms with Gasteiger partial charge in [-0.3, -0.25) is 0 Å². The van der Waals surface area contributed by atoms with Crippen LogP contribution in [0.2, 0.25) is 0 Å². The number of esters is 1. The molecule has 3 aromatic rings. The SMILES string of the molecule is CCOC(=O)c1cnc2nc(C)ccc2c1Nc1ccc(N(C)C)cc1. The van der Waals surface area contributed by atoms with Gasteiger partial charge in [-0.05, 0) is 50.2 Å². The number of rotatable bonds is 5. The number of hydrogen-bond acceptors (Lipinski definition) is 6. The van der Waals surface area contributed by atoms with Gasteiger partial charge in [0.2, 0.25) is 0 Å². The van der Waals surface area contributed by atoms with E-state index >= 15 is 0 Å². The van der Waals surface area contributed by atoms with Gasteiger partial charge in [0.15, 0.2) is 5.65 Å². The van der Waals surface area contributed by atoms with E-state index in [4.69, 9.17) is 4.74 Å². The number of carbonyl (C=O) groups excluding carboxylic acids is 1. The van der Waals surface area contributed by atoms with Crippen molar-refractivity contribution in [3.05, 3.63) is 53.9 Å². The van der Waals surface area contributed by atoms with Crippen LogP contribution in [0.5, 0.6) is 0 Å². The minimum atomic E-state index is -0.408. The van der Waals surface area contributed by atoms with E-state index < -0.39 is 5.97 Å². The summed E-state index contributed by atoms with van der Waals surface area (Å²) in [6.07, 6.45) is 1.52. The van der Waals surface area contributed by atoms with Gasteiger partial charge in [-0.2, -0.15) is 0 Å². The molecule has 0 saturated heterocycles. The second-order valence-corrected chi connectivity index (χ2v) is 6.16. The van der Waals surface area contributed by atoms with Crippen molar-refractivity contribution in [3.8, 4) is 0 Å². The normalized spacial score (nSPS) is 10.6. The highest BCUT2D eigenvalue weighted by Crippen LogP contribution is 2.30. The van der Waals surface area contributed by atoms with Crippen molar-refractivity contribution in [3.63, 3.8) is 0 Å². The number of fused-ring (bicyclic) bond motifs is 1. The highest BCUT2D eigenvalue weighted by atomic mass is 16.5. The molecule has 1 aromatic carbocycles. The largest absolute Gasteiger partial charge is 0.462 e. The van der Waals surface area contributed by atoms with Gasteiger partial charge in [0.1, 0.15) is 5.56 Å². The van der Waals surface area contributed by atoms with E-state index in [2.05, 4.69) is 15.3 Å². The molecule has 0 bridgehead atoms. The Labute approximate surface area is 152 Å². The van der Waals surface area contributed by atoms with Crippen LogP contribution in [0.15, 0.2) is 42.6 Å². The van der Waals surface area contributed by atoms with Crippen LogP contribution in [-0.4, -0.2) is 36.6 Å². The predicted molar refractivity (Wildman–Crippen MR) is 104 cm³/mol. The summed E-state index contributed by atoms with van der Waals surface area (Å²) in [4.78, 5) is 23.2. The molecule has 0 saturated carbocycles. The third-order valence-corrected chi connectivity index (χ3v) is 4.02. The Morgan fingerprint density at radius 2 is 1.88 bits per heavy atom. The molecule has 0 aliphatic rings. The van der Waals surface area contributed by atoms with Crippen LogP contribution in [-0.2, 0) is 4.74 Å². The summed E-state index contributed by atoms with van der Waals surface area (Å²) < 4.78 is 5.18. The maximum atomic E-state index is 12.4. The van der Waals surface area contributed by atoms with Gasteiger partial charge in [-0.25, -0.2) is 14.8 Å². The molecule has 2 heterocycles. The lowest BCUT2D eigenvalue weighted by molar-refractivity contribution is 0.0527. The van der Waals surface area contributed by atoms with Crippen LogP contribution in [0.3, 0.4) is 0 Å². The molecule has 0 aliphatic heterocycles. The third-order valence-electron chi connectivity index (χ3n) is 4.02. The summed E-state index contributed by atoms with van der Waals surface area (Å²) >= 11 is 0. The average molecular weight is 350 g/mol. The number of ether oxygens (including phenoxy) is 1. The number of aromatic nitrogens is 2. The zero-order valence-electron chi connectivity index (χ0n) is 15.4. The fourth-order valence-corrected chi connectivity index (χ4v) is 2.66. The molecule has 2 aromatic heterocycles. The average Bonchev–Trinajstić information content (AvgIpc) is 2.62. The Morgan fingerprint density at radius 3 is 2.54 bits per heavy atom. The van der Waals surface area contributed by atoms with Gasteiger partial charge in [0, 0.05) is 42.7 Å². The first kappa shape index (κ1) is 17.7. The quantitative estimate of drug-likeness (QED) is 0.704. The summed E-state index contributed by atoms with van der Waals surface area (Å²) in [7, 11) is 3.98. The summed E-state index contributed by atoms with van der Waals surface area (Å²) in [5.41, 5.74) is 4.47. The van der Waals surface area contributed by atoms with Crippen molar-refractivity contribution >= 4 is 34.1 Å². The Bertz CT molecular complexity index is 936. The Morgan fingerprint density at radius 1 is 1.15 bits per heavy atom.